The fourth-order valence-electron chi connectivity index (χ4n) is 4.90. The van der Waals surface area contributed by atoms with Crippen molar-refractivity contribution in [2.45, 2.75) is 76.0 Å². The summed E-state index contributed by atoms with van der Waals surface area (Å²) in [6, 6.07) is 5.71. The summed E-state index contributed by atoms with van der Waals surface area (Å²) < 4.78 is 43.7. The van der Waals surface area contributed by atoms with E-state index < -0.39 is 11.7 Å². The standard InChI is InChI=1S/C23H29F3O2/c1-2-3-22(27)28-21-14-10-19(11-15-21)17-6-4-16(5-7-17)18-8-12-20(13-9-18)23(24,25)26/h2,8-9,12-13,16-17,19,21H,1,3-7,10-11,14-15H2. The fourth-order valence-corrected chi connectivity index (χ4v) is 4.90. The van der Waals surface area contributed by atoms with Crippen LogP contribution >= 0.6 is 0 Å². The SMILES string of the molecule is C=CCC(=O)OC1CCC(C2CCC(c3ccc(C(F)(F)F)cc3)CC2)CC1. The molecule has 2 aliphatic rings. The zero-order valence-corrected chi connectivity index (χ0v) is 16.2. The second-order valence-electron chi connectivity index (χ2n) is 8.25. The lowest BCUT2D eigenvalue weighted by Gasteiger charge is -2.37. The van der Waals surface area contributed by atoms with Gasteiger partial charge < -0.3 is 4.74 Å². The molecule has 0 bridgehead atoms. The Labute approximate surface area is 165 Å². The number of hydrogen-bond acceptors (Lipinski definition) is 2. The highest BCUT2D eigenvalue weighted by atomic mass is 19.4. The van der Waals surface area contributed by atoms with E-state index in [4.69, 9.17) is 4.74 Å². The first-order valence-corrected chi connectivity index (χ1v) is 10.3. The van der Waals surface area contributed by atoms with Gasteiger partial charge in [-0.25, -0.2) is 0 Å². The minimum atomic E-state index is -4.27. The first kappa shape index (κ1) is 20.9. The van der Waals surface area contributed by atoms with Crippen molar-refractivity contribution < 1.29 is 22.7 Å². The topological polar surface area (TPSA) is 26.3 Å². The highest BCUT2D eigenvalue weighted by Gasteiger charge is 2.33. The molecule has 2 aliphatic carbocycles. The van der Waals surface area contributed by atoms with Crippen molar-refractivity contribution in [2.75, 3.05) is 0 Å². The van der Waals surface area contributed by atoms with E-state index in [2.05, 4.69) is 6.58 Å². The molecule has 0 N–H and O–H groups in total. The largest absolute Gasteiger partial charge is 0.462 e. The number of rotatable bonds is 5. The van der Waals surface area contributed by atoms with E-state index in [1.54, 1.807) is 18.2 Å². The summed E-state index contributed by atoms with van der Waals surface area (Å²) in [5.41, 5.74) is 0.458. The van der Waals surface area contributed by atoms with E-state index in [1.807, 2.05) is 0 Å². The highest BCUT2D eigenvalue weighted by Crippen LogP contribution is 2.43. The van der Waals surface area contributed by atoms with Crippen LogP contribution < -0.4 is 0 Å². The van der Waals surface area contributed by atoms with Crippen LogP contribution in [-0.2, 0) is 15.7 Å². The fraction of sp³-hybridized carbons (Fsp3) is 0.609. The van der Waals surface area contributed by atoms with Crippen molar-refractivity contribution in [1.29, 1.82) is 0 Å². The van der Waals surface area contributed by atoms with Gasteiger partial charge in [0, 0.05) is 0 Å². The van der Waals surface area contributed by atoms with Gasteiger partial charge >= 0.3 is 12.1 Å². The van der Waals surface area contributed by atoms with Crippen LogP contribution in [0, 0.1) is 11.8 Å². The molecule has 0 aromatic heterocycles. The third kappa shape index (κ3) is 5.39. The molecule has 28 heavy (non-hydrogen) atoms. The van der Waals surface area contributed by atoms with Gasteiger partial charge in [0.25, 0.3) is 0 Å². The second kappa shape index (κ2) is 9.15. The van der Waals surface area contributed by atoms with Gasteiger partial charge in [-0.3, -0.25) is 4.79 Å². The maximum absolute atomic E-state index is 12.7. The normalized spacial score (nSPS) is 28.5. The number of benzene rings is 1. The predicted molar refractivity (Wildman–Crippen MR) is 103 cm³/mol. The summed E-state index contributed by atoms with van der Waals surface area (Å²) in [5, 5.41) is 0. The molecule has 2 nitrogen and oxygen atoms in total. The van der Waals surface area contributed by atoms with E-state index in [-0.39, 0.29) is 18.5 Å². The number of carbonyl (C=O) groups is 1. The number of carbonyl (C=O) groups excluding carboxylic acids is 1. The Hall–Kier alpha value is -1.78. The average molecular weight is 394 g/mol. The van der Waals surface area contributed by atoms with Crippen LogP contribution in [0.4, 0.5) is 13.2 Å². The summed E-state index contributed by atoms with van der Waals surface area (Å²) in [5.74, 6) is 1.56. The molecule has 0 radical (unpaired) electrons. The molecule has 5 heteroatoms. The molecule has 0 aliphatic heterocycles. The quantitative estimate of drug-likeness (QED) is 0.412. The minimum Gasteiger partial charge on any atom is -0.462 e. The number of esters is 1. The monoisotopic (exact) mass is 394 g/mol. The van der Waals surface area contributed by atoms with Crippen molar-refractivity contribution in [3.8, 4) is 0 Å². The minimum absolute atomic E-state index is 0.0483. The van der Waals surface area contributed by atoms with Crippen molar-refractivity contribution in [1.82, 2.24) is 0 Å². The van der Waals surface area contributed by atoms with E-state index in [0.29, 0.717) is 17.8 Å². The third-order valence-electron chi connectivity index (χ3n) is 6.48. The number of halogens is 3. The summed E-state index contributed by atoms with van der Waals surface area (Å²) >= 11 is 0. The third-order valence-corrected chi connectivity index (χ3v) is 6.48. The molecule has 2 saturated carbocycles. The summed E-state index contributed by atoms with van der Waals surface area (Å²) in [4.78, 5) is 11.6. The molecule has 1 aromatic rings. The molecular formula is C23H29F3O2. The average Bonchev–Trinajstić information content (AvgIpc) is 2.68. The van der Waals surface area contributed by atoms with Gasteiger partial charge in [0.05, 0.1) is 12.0 Å². The lowest BCUT2D eigenvalue weighted by atomic mass is 9.69. The molecule has 0 saturated heterocycles. The molecule has 0 spiro atoms. The number of hydrogen-bond donors (Lipinski definition) is 0. The van der Waals surface area contributed by atoms with Crippen LogP contribution in [0.25, 0.3) is 0 Å². The van der Waals surface area contributed by atoms with Crippen LogP contribution in [0.15, 0.2) is 36.9 Å². The predicted octanol–water partition coefficient (Wildman–Crippen LogP) is 6.66. The Morgan fingerprint density at radius 3 is 2.00 bits per heavy atom. The van der Waals surface area contributed by atoms with Gasteiger partial charge in [-0.05, 0) is 86.8 Å². The molecule has 0 amide bonds. The van der Waals surface area contributed by atoms with Crippen LogP contribution in [0.2, 0.25) is 0 Å². The maximum Gasteiger partial charge on any atom is 0.416 e. The van der Waals surface area contributed by atoms with Crippen molar-refractivity contribution in [3.63, 3.8) is 0 Å². The smallest absolute Gasteiger partial charge is 0.416 e. The Kier molecular flexibility index (Phi) is 6.84. The number of alkyl halides is 3. The summed E-state index contributed by atoms with van der Waals surface area (Å²) in [7, 11) is 0. The Balaban J connectivity index is 1.44. The van der Waals surface area contributed by atoms with Crippen molar-refractivity contribution >= 4 is 5.97 Å². The molecule has 3 rings (SSSR count). The highest BCUT2D eigenvalue weighted by molar-refractivity contribution is 5.71. The zero-order chi connectivity index (χ0) is 20.1. The van der Waals surface area contributed by atoms with Crippen LogP contribution in [-0.4, -0.2) is 12.1 Å². The van der Waals surface area contributed by atoms with Crippen molar-refractivity contribution in [3.05, 3.63) is 48.0 Å². The zero-order valence-electron chi connectivity index (χ0n) is 16.2. The van der Waals surface area contributed by atoms with Crippen LogP contribution in [0.3, 0.4) is 0 Å². The first-order chi connectivity index (χ1) is 13.4. The molecular weight excluding hydrogens is 365 g/mol. The van der Waals surface area contributed by atoms with Gasteiger partial charge in [0.15, 0.2) is 0 Å². The molecule has 0 heterocycles. The van der Waals surface area contributed by atoms with Gasteiger partial charge in [-0.1, -0.05) is 18.2 Å². The van der Waals surface area contributed by atoms with E-state index >= 15 is 0 Å². The Morgan fingerprint density at radius 1 is 0.964 bits per heavy atom. The Bertz CT molecular complexity index is 649. The molecule has 1 aromatic carbocycles. The van der Waals surface area contributed by atoms with Gasteiger partial charge in [-0.2, -0.15) is 13.2 Å². The maximum atomic E-state index is 12.7. The van der Waals surface area contributed by atoms with Gasteiger partial charge in [0.2, 0.25) is 0 Å². The van der Waals surface area contributed by atoms with Gasteiger partial charge in [-0.15, -0.1) is 6.58 Å². The van der Waals surface area contributed by atoms with Crippen LogP contribution in [0.1, 0.15) is 74.8 Å². The van der Waals surface area contributed by atoms with E-state index in [1.165, 1.54) is 12.1 Å². The van der Waals surface area contributed by atoms with E-state index in [0.717, 1.165) is 56.9 Å². The van der Waals surface area contributed by atoms with Crippen molar-refractivity contribution in [2.24, 2.45) is 11.8 Å². The number of ether oxygens (including phenoxy) is 1. The second-order valence-corrected chi connectivity index (χ2v) is 8.25. The van der Waals surface area contributed by atoms with Gasteiger partial charge in [0.1, 0.15) is 6.10 Å². The summed E-state index contributed by atoms with van der Waals surface area (Å²) in [6.45, 7) is 3.56. The lowest BCUT2D eigenvalue weighted by Crippen LogP contribution is -2.29. The summed E-state index contributed by atoms with van der Waals surface area (Å²) in [6.07, 6.45) is 6.06. The molecule has 0 unspecified atom stereocenters. The first-order valence-electron chi connectivity index (χ1n) is 10.3. The molecule has 2 fully saturated rings. The lowest BCUT2D eigenvalue weighted by molar-refractivity contribution is -0.150. The Morgan fingerprint density at radius 2 is 1.50 bits per heavy atom. The molecule has 154 valence electrons. The van der Waals surface area contributed by atoms with E-state index in [9.17, 15) is 18.0 Å². The molecule has 0 atom stereocenters. The van der Waals surface area contributed by atoms with Crippen LogP contribution in [0.5, 0.6) is 0 Å².